The molecule has 1 saturated carbocycles. The summed E-state index contributed by atoms with van der Waals surface area (Å²) in [4.78, 5) is 33.7. The second kappa shape index (κ2) is 5.21. The molecule has 94 valence electrons. The topological polar surface area (TPSA) is 51.2 Å². The smallest absolute Gasteiger partial charge is 0.198 e. The van der Waals surface area contributed by atoms with E-state index >= 15 is 0 Å². The van der Waals surface area contributed by atoms with Gasteiger partial charge in [0.15, 0.2) is 12.1 Å². The lowest BCUT2D eigenvalue weighted by Gasteiger charge is -2.29. The van der Waals surface area contributed by atoms with Crippen molar-refractivity contribution < 1.29 is 18.8 Å². The maximum atomic E-state index is 13.7. The number of rotatable bonds is 3. The van der Waals surface area contributed by atoms with Gasteiger partial charge in [0.05, 0.1) is 0 Å². The Morgan fingerprint density at radius 3 is 2.72 bits per heavy atom. The standard InChI is InChI=1S/C14H13FO3/c15-13-4-2-1-3-10(13)12-7-9(17)5-6-11(12)14(18)8-16/h1-4,8,11-12H,5-7H2/t11-,12?/m1/s1. The molecule has 2 atom stereocenters. The van der Waals surface area contributed by atoms with Crippen LogP contribution >= 0.6 is 0 Å². The summed E-state index contributed by atoms with van der Waals surface area (Å²) in [6.07, 6.45) is 1.02. The van der Waals surface area contributed by atoms with Crippen molar-refractivity contribution in [3.63, 3.8) is 0 Å². The van der Waals surface area contributed by atoms with Crippen LogP contribution in [0.2, 0.25) is 0 Å². The molecule has 0 aliphatic heterocycles. The monoisotopic (exact) mass is 248 g/mol. The van der Waals surface area contributed by atoms with Crippen LogP contribution in [0.3, 0.4) is 0 Å². The summed E-state index contributed by atoms with van der Waals surface area (Å²) in [6.45, 7) is 0. The maximum absolute atomic E-state index is 13.7. The van der Waals surface area contributed by atoms with Gasteiger partial charge in [-0.3, -0.25) is 14.4 Å². The molecule has 0 N–H and O–H groups in total. The third kappa shape index (κ3) is 2.37. The lowest BCUT2D eigenvalue weighted by atomic mass is 9.73. The number of carbonyl (C=O) groups excluding carboxylic acids is 3. The molecule has 18 heavy (non-hydrogen) atoms. The van der Waals surface area contributed by atoms with Gasteiger partial charge in [-0.25, -0.2) is 4.39 Å². The van der Waals surface area contributed by atoms with E-state index in [0.717, 1.165) is 0 Å². The fourth-order valence-corrected chi connectivity index (χ4v) is 2.54. The number of halogens is 1. The molecular weight excluding hydrogens is 235 g/mol. The zero-order valence-electron chi connectivity index (χ0n) is 9.77. The van der Waals surface area contributed by atoms with Crippen molar-refractivity contribution in [2.45, 2.75) is 25.2 Å². The van der Waals surface area contributed by atoms with Crippen LogP contribution in [-0.4, -0.2) is 17.9 Å². The maximum Gasteiger partial charge on any atom is 0.198 e. The molecule has 0 heterocycles. The second-order valence-corrected chi connectivity index (χ2v) is 4.54. The molecule has 3 nitrogen and oxygen atoms in total. The van der Waals surface area contributed by atoms with Crippen molar-refractivity contribution in [2.24, 2.45) is 5.92 Å². The van der Waals surface area contributed by atoms with Gasteiger partial charge in [-0.1, -0.05) is 18.2 Å². The minimum Gasteiger partial charge on any atom is -0.300 e. The zero-order chi connectivity index (χ0) is 13.1. The van der Waals surface area contributed by atoms with Crippen molar-refractivity contribution >= 4 is 17.9 Å². The Labute approximate surface area is 104 Å². The Morgan fingerprint density at radius 2 is 2.06 bits per heavy atom. The number of benzene rings is 1. The van der Waals surface area contributed by atoms with Gasteiger partial charge in [0.25, 0.3) is 0 Å². The molecule has 0 spiro atoms. The summed E-state index contributed by atoms with van der Waals surface area (Å²) < 4.78 is 13.7. The van der Waals surface area contributed by atoms with Crippen LogP contribution in [0.4, 0.5) is 4.39 Å². The summed E-state index contributed by atoms with van der Waals surface area (Å²) in [5.41, 5.74) is 0.353. The molecule has 1 aromatic rings. The first-order chi connectivity index (χ1) is 8.63. The molecule has 1 aromatic carbocycles. The first kappa shape index (κ1) is 12.6. The normalized spacial score (nSPS) is 23.7. The Balaban J connectivity index is 2.36. The highest BCUT2D eigenvalue weighted by Gasteiger charge is 2.36. The van der Waals surface area contributed by atoms with E-state index in [0.29, 0.717) is 12.0 Å². The van der Waals surface area contributed by atoms with Crippen LogP contribution < -0.4 is 0 Å². The van der Waals surface area contributed by atoms with Gasteiger partial charge >= 0.3 is 0 Å². The molecule has 0 amide bonds. The highest BCUT2D eigenvalue weighted by molar-refractivity contribution is 6.26. The van der Waals surface area contributed by atoms with Crippen molar-refractivity contribution in [3.05, 3.63) is 35.6 Å². The first-order valence-electron chi connectivity index (χ1n) is 5.88. The summed E-state index contributed by atoms with van der Waals surface area (Å²) >= 11 is 0. The molecule has 0 radical (unpaired) electrons. The number of aldehydes is 1. The van der Waals surface area contributed by atoms with Gasteiger partial charge in [0.1, 0.15) is 11.6 Å². The number of carbonyl (C=O) groups is 3. The molecule has 0 aromatic heterocycles. The van der Waals surface area contributed by atoms with E-state index in [4.69, 9.17) is 0 Å². The fourth-order valence-electron chi connectivity index (χ4n) is 2.54. The predicted molar refractivity (Wildman–Crippen MR) is 62.6 cm³/mol. The van der Waals surface area contributed by atoms with Crippen LogP contribution in [0.15, 0.2) is 24.3 Å². The largest absolute Gasteiger partial charge is 0.300 e. The average Bonchev–Trinajstić information content (AvgIpc) is 2.38. The number of Topliss-reactive ketones (excluding diaryl/α,β-unsaturated/α-hetero) is 2. The lowest BCUT2D eigenvalue weighted by Crippen LogP contribution is -2.30. The van der Waals surface area contributed by atoms with E-state index in [1.165, 1.54) is 6.07 Å². The quantitative estimate of drug-likeness (QED) is 0.607. The number of hydrogen-bond acceptors (Lipinski definition) is 3. The molecule has 0 bridgehead atoms. The molecule has 1 unspecified atom stereocenters. The van der Waals surface area contributed by atoms with Crippen molar-refractivity contribution in [2.75, 3.05) is 0 Å². The van der Waals surface area contributed by atoms with E-state index in [-0.39, 0.29) is 24.9 Å². The minimum absolute atomic E-state index is 0.0122. The number of ketones is 2. The molecule has 1 aliphatic carbocycles. The third-order valence-electron chi connectivity index (χ3n) is 3.45. The molecule has 1 fully saturated rings. The van der Waals surface area contributed by atoms with Crippen molar-refractivity contribution in [1.82, 2.24) is 0 Å². The predicted octanol–water partition coefficient (Wildman–Crippen LogP) is 2.05. The molecule has 4 heteroatoms. The third-order valence-corrected chi connectivity index (χ3v) is 3.45. The van der Waals surface area contributed by atoms with Crippen LogP contribution in [0.5, 0.6) is 0 Å². The van der Waals surface area contributed by atoms with Crippen LogP contribution in [0, 0.1) is 11.7 Å². The van der Waals surface area contributed by atoms with Gasteiger partial charge in [-0.2, -0.15) is 0 Å². The van der Waals surface area contributed by atoms with Gasteiger partial charge in [0, 0.05) is 24.7 Å². The summed E-state index contributed by atoms with van der Waals surface area (Å²) in [5.74, 6) is -2.04. The van der Waals surface area contributed by atoms with Gasteiger partial charge in [-0.05, 0) is 18.1 Å². The van der Waals surface area contributed by atoms with Crippen molar-refractivity contribution in [1.29, 1.82) is 0 Å². The molecule has 2 rings (SSSR count). The van der Waals surface area contributed by atoms with Crippen LogP contribution in [0.1, 0.15) is 30.7 Å². The summed E-state index contributed by atoms with van der Waals surface area (Å²) in [7, 11) is 0. The molecule has 0 saturated heterocycles. The summed E-state index contributed by atoms with van der Waals surface area (Å²) in [6, 6.07) is 6.10. The zero-order valence-corrected chi connectivity index (χ0v) is 9.77. The summed E-state index contributed by atoms with van der Waals surface area (Å²) in [5, 5.41) is 0. The van der Waals surface area contributed by atoms with E-state index in [2.05, 4.69) is 0 Å². The van der Waals surface area contributed by atoms with Gasteiger partial charge in [-0.15, -0.1) is 0 Å². The van der Waals surface area contributed by atoms with E-state index in [1.807, 2.05) is 0 Å². The Hall–Kier alpha value is -1.84. The average molecular weight is 248 g/mol. The molecule has 1 aliphatic rings. The highest BCUT2D eigenvalue weighted by Crippen LogP contribution is 2.37. The fraction of sp³-hybridized carbons (Fsp3) is 0.357. The first-order valence-corrected chi connectivity index (χ1v) is 5.88. The second-order valence-electron chi connectivity index (χ2n) is 4.54. The Kier molecular flexibility index (Phi) is 3.65. The SMILES string of the molecule is O=CC(=O)[C@@H]1CCC(=O)CC1c1ccccc1F. The Bertz CT molecular complexity index is 496. The van der Waals surface area contributed by atoms with Crippen LogP contribution in [-0.2, 0) is 14.4 Å². The van der Waals surface area contributed by atoms with E-state index in [9.17, 15) is 18.8 Å². The van der Waals surface area contributed by atoms with Crippen molar-refractivity contribution in [3.8, 4) is 0 Å². The van der Waals surface area contributed by atoms with Gasteiger partial charge in [0.2, 0.25) is 0 Å². The van der Waals surface area contributed by atoms with E-state index < -0.39 is 23.4 Å². The van der Waals surface area contributed by atoms with Crippen LogP contribution in [0.25, 0.3) is 0 Å². The highest BCUT2D eigenvalue weighted by atomic mass is 19.1. The minimum atomic E-state index is -0.572. The van der Waals surface area contributed by atoms with Gasteiger partial charge < -0.3 is 0 Å². The van der Waals surface area contributed by atoms with E-state index in [1.54, 1.807) is 18.2 Å². The molecular formula is C14H13FO3. The lowest BCUT2D eigenvalue weighted by molar-refractivity contribution is -0.135. The Morgan fingerprint density at radius 1 is 1.33 bits per heavy atom. The number of hydrogen-bond donors (Lipinski definition) is 0.